The topological polar surface area (TPSA) is 89.5 Å². The Morgan fingerprint density at radius 3 is 2.22 bits per heavy atom. The number of nitrogens with two attached hydrogens (primary N) is 1. The van der Waals surface area contributed by atoms with E-state index in [2.05, 4.69) is 22.8 Å². The van der Waals surface area contributed by atoms with Crippen molar-refractivity contribution in [1.82, 2.24) is 10.6 Å². The minimum absolute atomic E-state index is 0.163. The Balaban J connectivity index is 1.52. The number of benzene rings is 3. The lowest BCUT2D eigenvalue weighted by atomic mass is 10.0. The summed E-state index contributed by atoms with van der Waals surface area (Å²) in [6, 6.07) is 23.9. The van der Waals surface area contributed by atoms with Crippen LogP contribution in [0, 0.1) is 0 Å². The monoisotopic (exact) mass is 485 g/mol. The first kappa shape index (κ1) is 25.6. The minimum Gasteiger partial charge on any atom is -0.490 e. The Labute approximate surface area is 212 Å². The second-order valence-corrected chi connectivity index (χ2v) is 8.81. The van der Waals surface area contributed by atoms with E-state index in [-0.39, 0.29) is 11.2 Å². The summed E-state index contributed by atoms with van der Waals surface area (Å²) < 4.78 is 11.9. The molecule has 1 heterocycles. The van der Waals surface area contributed by atoms with Crippen LogP contribution in [0.1, 0.15) is 24.8 Å². The lowest BCUT2D eigenvalue weighted by Crippen LogP contribution is -2.23. The number of methoxy groups -OCH3 is 1. The molecule has 0 bridgehead atoms. The summed E-state index contributed by atoms with van der Waals surface area (Å²) in [5.74, 6) is 0.671. The number of ether oxygens (including phenoxy) is 1. The Morgan fingerprint density at radius 1 is 0.778 bits per heavy atom. The van der Waals surface area contributed by atoms with Gasteiger partial charge in [-0.1, -0.05) is 66.7 Å². The van der Waals surface area contributed by atoms with Crippen LogP contribution in [0.4, 0.5) is 0 Å². The molecule has 0 atom stereocenters. The third kappa shape index (κ3) is 6.21. The van der Waals surface area contributed by atoms with Crippen LogP contribution in [0.2, 0.25) is 0 Å². The van der Waals surface area contributed by atoms with Crippen LogP contribution in [0.3, 0.4) is 0 Å². The number of fused-ring (bicyclic) bond motifs is 1. The van der Waals surface area contributed by atoms with Gasteiger partial charge in [0.1, 0.15) is 5.58 Å². The van der Waals surface area contributed by atoms with Crippen molar-refractivity contribution in [2.45, 2.75) is 25.8 Å². The van der Waals surface area contributed by atoms with Crippen LogP contribution in [0.25, 0.3) is 33.4 Å². The summed E-state index contributed by atoms with van der Waals surface area (Å²) in [7, 11) is 1.51. The van der Waals surface area contributed by atoms with E-state index in [1.807, 2.05) is 54.6 Å². The second kappa shape index (κ2) is 13.0. The molecule has 0 aliphatic heterocycles. The van der Waals surface area contributed by atoms with Gasteiger partial charge in [0.2, 0.25) is 11.2 Å². The van der Waals surface area contributed by atoms with Gasteiger partial charge in [0.15, 0.2) is 5.76 Å². The van der Waals surface area contributed by atoms with Gasteiger partial charge in [-0.25, -0.2) is 0 Å². The van der Waals surface area contributed by atoms with Gasteiger partial charge in [0, 0.05) is 17.7 Å². The van der Waals surface area contributed by atoms with Gasteiger partial charge in [0.05, 0.1) is 12.5 Å². The average Bonchev–Trinajstić information content (AvgIpc) is 2.93. The fourth-order valence-corrected chi connectivity index (χ4v) is 4.30. The molecule has 1 aromatic heterocycles. The standard InChI is InChI=1S/C30H35N3O3/c1-35-30-27(34)26-12-7-11-25(21-33-20-8-19-32-18-6-5-17-31)28(26)36-29(30)24-15-13-23(14-16-24)22-9-3-2-4-10-22/h2-4,7,9-16,32-33H,5-6,8,17-21,31H2,1H3. The molecule has 6 heteroatoms. The fraction of sp³-hybridized carbons (Fsp3) is 0.300. The molecule has 0 fully saturated rings. The largest absolute Gasteiger partial charge is 0.490 e. The van der Waals surface area contributed by atoms with Crippen LogP contribution < -0.4 is 26.5 Å². The second-order valence-electron chi connectivity index (χ2n) is 8.81. The predicted molar refractivity (Wildman–Crippen MR) is 147 cm³/mol. The van der Waals surface area contributed by atoms with Crippen molar-refractivity contribution in [3.8, 4) is 28.2 Å². The molecule has 0 saturated heterocycles. The molecule has 0 unspecified atom stereocenters. The molecule has 3 aromatic carbocycles. The minimum atomic E-state index is -0.163. The van der Waals surface area contributed by atoms with Crippen LogP contribution in [-0.2, 0) is 6.54 Å². The highest BCUT2D eigenvalue weighted by Gasteiger charge is 2.18. The number of unbranched alkanes of at least 4 members (excludes halogenated alkanes) is 1. The lowest BCUT2D eigenvalue weighted by Gasteiger charge is -2.13. The van der Waals surface area contributed by atoms with E-state index in [0.29, 0.717) is 23.3 Å². The summed E-state index contributed by atoms with van der Waals surface area (Å²) in [4.78, 5) is 13.3. The molecule has 0 saturated carbocycles. The number of hydrogen-bond donors (Lipinski definition) is 3. The third-order valence-corrected chi connectivity index (χ3v) is 6.25. The van der Waals surface area contributed by atoms with Crippen molar-refractivity contribution in [3.63, 3.8) is 0 Å². The average molecular weight is 486 g/mol. The van der Waals surface area contributed by atoms with Crippen LogP contribution in [0.5, 0.6) is 5.75 Å². The molecule has 0 amide bonds. The molecule has 4 rings (SSSR count). The van der Waals surface area contributed by atoms with Crippen LogP contribution in [-0.4, -0.2) is 33.3 Å². The Kier molecular flexibility index (Phi) is 9.27. The van der Waals surface area contributed by atoms with Crippen molar-refractivity contribution in [3.05, 3.63) is 88.6 Å². The fourth-order valence-electron chi connectivity index (χ4n) is 4.30. The van der Waals surface area contributed by atoms with Crippen molar-refractivity contribution in [2.75, 3.05) is 33.3 Å². The Bertz CT molecular complexity index is 1300. The zero-order chi connectivity index (χ0) is 25.2. The number of hydrogen-bond acceptors (Lipinski definition) is 6. The van der Waals surface area contributed by atoms with Crippen molar-refractivity contribution in [1.29, 1.82) is 0 Å². The molecule has 4 aromatic rings. The van der Waals surface area contributed by atoms with Gasteiger partial charge in [0.25, 0.3) is 0 Å². The van der Waals surface area contributed by atoms with Gasteiger partial charge < -0.3 is 25.5 Å². The van der Waals surface area contributed by atoms with E-state index < -0.39 is 0 Å². The summed E-state index contributed by atoms with van der Waals surface area (Å²) >= 11 is 0. The molecule has 4 N–H and O–H groups in total. The molecule has 0 aliphatic rings. The first-order chi connectivity index (χ1) is 17.7. The zero-order valence-electron chi connectivity index (χ0n) is 20.9. The normalized spacial score (nSPS) is 11.2. The van der Waals surface area contributed by atoms with E-state index in [1.54, 1.807) is 6.07 Å². The van der Waals surface area contributed by atoms with E-state index in [1.165, 1.54) is 7.11 Å². The molecule has 0 aliphatic carbocycles. The molecule has 0 spiro atoms. The number of para-hydroxylation sites is 1. The Morgan fingerprint density at radius 2 is 1.47 bits per heavy atom. The van der Waals surface area contributed by atoms with Gasteiger partial charge in [-0.3, -0.25) is 4.79 Å². The van der Waals surface area contributed by atoms with E-state index in [4.69, 9.17) is 14.9 Å². The summed E-state index contributed by atoms with van der Waals surface area (Å²) in [6.45, 7) is 4.20. The predicted octanol–water partition coefficient (Wildman–Crippen LogP) is 4.94. The summed E-state index contributed by atoms with van der Waals surface area (Å²) in [5.41, 5.74) is 9.94. The van der Waals surface area contributed by atoms with Crippen LogP contribution in [0.15, 0.2) is 82.0 Å². The quantitative estimate of drug-likeness (QED) is 0.232. The smallest absolute Gasteiger partial charge is 0.235 e. The maximum Gasteiger partial charge on any atom is 0.235 e. The molecular weight excluding hydrogens is 450 g/mol. The molecule has 188 valence electrons. The maximum atomic E-state index is 13.3. The molecule has 36 heavy (non-hydrogen) atoms. The van der Waals surface area contributed by atoms with Gasteiger partial charge in [-0.2, -0.15) is 0 Å². The maximum absolute atomic E-state index is 13.3. The van der Waals surface area contributed by atoms with E-state index in [0.717, 1.165) is 67.7 Å². The van der Waals surface area contributed by atoms with E-state index >= 15 is 0 Å². The highest BCUT2D eigenvalue weighted by molar-refractivity contribution is 5.84. The molecular formula is C30H35N3O3. The number of nitrogens with one attached hydrogen (secondary N) is 2. The first-order valence-corrected chi connectivity index (χ1v) is 12.6. The molecule has 6 nitrogen and oxygen atoms in total. The Hall–Kier alpha value is -3.45. The molecule has 0 radical (unpaired) electrons. The van der Waals surface area contributed by atoms with E-state index in [9.17, 15) is 4.79 Å². The van der Waals surface area contributed by atoms with Crippen molar-refractivity contribution >= 4 is 11.0 Å². The third-order valence-electron chi connectivity index (χ3n) is 6.25. The summed E-state index contributed by atoms with van der Waals surface area (Å²) in [6.07, 6.45) is 3.19. The highest BCUT2D eigenvalue weighted by atomic mass is 16.5. The van der Waals surface area contributed by atoms with Crippen molar-refractivity contribution < 1.29 is 9.15 Å². The lowest BCUT2D eigenvalue weighted by molar-refractivity contribution is 0.398. The number of rotatable bonds is 13. The summed E-state index contributed by atoms with van der Waals surface area (Å²) in [5, 5.41) is 7.44. The van der Waals surface area contributed by atoms with Gasteiger partial charge >= 0.3 is 0 Å². The SMILES string of the molecule is COc1c(-c2ccc(-c3ccccc3)cc2)oc2c(CNCCCNCCCCN)cccc2c1=O. The first-order valence-electron chi connectivity index (χ1n) is 12.6. The highest BCUT2D eigenvalue weighted by Crippen LogP contribution is 2.33. The van der Waals surface area contributed by atoms with Crippen molar-refractivity contribution in [2.24, 2.45) is 5.73 Å². The zero-order valence-corrected chi connectivity index (χ0v) is 20.9. The van der Waals surface area contributed by atoms with Gasteiger partial charge in [-0.05, 0) is 62.6 Å². The van der Waals surface area contributed by atoms with Gasteiger partial charge in [-0.15, -0.1) is 0 Å². The van der Waals surface area contributed by atoms with Crippen LogP contribution >= 0.6 is 0 Å².